The molecule has 0 radical (unpaired) electrons. The zero-order valence-corrected chi connectivity index (χ0v) is 14.8. The van der Waals surface area contributed by atoms with Gasteiger partial charge in [-0.1, -0.05) is 0 Å². The van der Waals surface area contributed by atoms with Crippen molar-refractivity contribution in [1.29, 1.82) is 0 Å². The van der Waals surface area contributed by atoms with Gasteiger partial charge in [0.1, 0.15) is 10.0 Å². The molecule has 0 bridgehead atoms. The Labute approximate surface area is 140 Å². The molecule has 0 atom stereocenters. The zero-order chi connectivity index (χ0) is 16.4. The van der Waals surface area contributed by atoms with Crippen LogP contribution in [0.4, 0.5) is 0 Å². The van der Waals surface area contributed by atoms with E-state index in [9.17, 15) is 4.79 Å². The third-order valence-corrected chi connectivity index (χ3v) is 5.43. The molecule has 1 aliphatic rings. The maximum absolute atomic E-state index is 12.3. The van der Waals surface area contributed by atoms with Crippen molar-refractivity contribution in [2.24, 2.45) is 5.92 Å². The molecule has 0 unspecified atom stereocenters. The van der Waals surface area contributed by atoms with E-state index in [2.05, 4.69) is 20.1 Å². The number of nitrogens with zero attached hydrogens (tertiary/aromatic N) is 5. The van der Waals surface area contributed by atoms with Gasteiger partial charge < -0.3 is 0 Å². The SMILES string of the molecule is Cc1nnc(CN2CCC(Cn3cnc(C)c(C)c3=O)CC2)s1. The zero-order valence-electron chi connectivity index (χ0n) is 13.9. The molecule has 3 rings (SSSR count). The first kappa shape index (κ1) is 16.3. The fraction of sp³-hybridized carbons (Fsp3) is 0.625. The summed E-state index contributed by atoms with van der Waals surface area (Å²) in [5.41, 5.74) is 1.69. The molecule has 7 heteroatoms. The van der Waals surface area contributed by atoms with Crippen LogP contribution in [-0.2, 0) is 13.1 Å². The maximum Gasteiger partial charge on any atom is 0.256 e. The van der Waals surface area contributed by atoms with E-state index in [1.165, 1.54) is 0 Å². The normalized spacial score (nSPS) is 16.8. The van der Waals surface area contributed by atoms with Gasteiger partial charge in [0, 0.05) is 17.8 Å². The molecule has 0 N–H and O–H groups in total. The van der Waals surface area contributed by atoms with Crippen molar-refractivity contribution in [3.05, 3.63) is 38.0 Å². The minimum Gasteiger partial charge on any atom is -0.299 e. The summed E-state index contributed by atoms with van der Waals surface area (Å²) in [6, 6.07) is 0. The number of hydrogen-bond acceptors (Lipinski definition) is 6. The van der Waals surface area contributed by atoms with Crippen LogP contribution in [0.2, 0.25) is 0 Å². The Balaban J connectivity index is 1.55. The van der Waals surface area contributed by atoms with Gasteiger partial charge in [0.2, 0.25) is 0 Å². The quantitative estimate of drug-likeness (QED) is 0.855. The highest BCUT2D eigenvalue weighted by Crippen LogP contribution is 2.21. The van der Waals surface area contributed by atoms with Crippen molar-refractivity contribution < 1.29 is 0 Å². The average Bonchev–Trinajstić information content (AvgIpc) is 2.95. The van der Waals surface area contributed by atoms with Crippen molar-refractivity contribution in [2.45, 2.75) is 46.7 Å². The number of aromatic nitrogens is 4. The van der Waals surface area contributed by atoms with Crippen LogP contribution in [0.15, 0.2) is 11.1 Å². The first-order valence-electron chi connectivity index (χ1n) is 8.07. The molecule has 1 saturated heterocycles. The predicted molar refractivity (Wildman–Crippen MR) is 90.6 cm³/mol. The van der Waals surface area contributed by atoms with E-state index < -0.39 is 0 Å². The van der Waals surface area contributed by atoms with E-state index in [-0.39, 0.29) is 5.56 Å². The molecule has 1 fully saturated rings. The van der Waals surface area contributed by atoms with E-state index in [1.807, 2.05) is 20.8 Å². The fourth-order valence-corrected chi connectivity index (χ4v) is 3.76. The lowest BCUT2D eigenvalue weighted by Gasteiger charge is -2.31. The summed E-state index contributed by atoms with van der Waals surface area (Å²) in [7, 11) is 0. The lowest BCUT2D eigenvalue weighted by molar-refractivity contribution is 0.165. The Kier molecular flexibility index (Phi) is 4.87. The molecule has 124 valence electrons. The number of rotatable bonds is 4. The molecule has 6 nitrogen and oxygen atoms in total. The number of likely N-dealkylation sites (tertiary alicyclic amines) is 1. The van der Waals surface area contributed by atoms with E-state index in [1.54, 1.807) is 22.2 Å². The Morgan fingerprint density at radius 3 is 2.61 bits per heavy atom. The van der Waals surface area contributed by atoms with Gasteiger partial charge in [-0.25, -0.2) is 4.98 Å². The van der Waals surface area contributed by atoms with Crippen LogP contribution in [-0.4, -0.2) is 37.7 Å². The van der Waals surface area contributed by atoms with E-state index in [4.69, 9.17) is 0 Å². The van der Waals surface area contributed by atoms with Crippen molar-refractivity contribution in [3.63, 3.8) is 0 Å². The smallest absolute Gasteiger partial charge is 0.256 e. The second kappa shape index (κ2) is 6.88. The van der Waals surface area contributed by atoms with Crippen LogP contribution in [0.1, 0.15) is 34.1 Å². The van der Waals surface area contributed by atoms with Crippen molar-refractivity contribution in [3.8, 4) is 0 Å². The lowest BCUT2D eigenvalue weighted by Crippen LogP contribution is -2.36. The molecule has 0 saturated carbocycles. The minimum absolute atomic E-state index is 0.101. The molecule has 0 spiro atoms. The third-order valence-electron chi connectivity index (χ3n) is 4.60. The molecule has 0 aromatic carbocycles. The average molecular weight is 333 g/mol. The van der Waals surface area contributed by atoms with Gasteiger partial charge in [-0.3, -0.25) is 14.3 Å². The molecule has 0 aliphatic carbocycles. The third kappa shape index (κ3) is 3.84. The Hall–Kier alpha value is -1.60. The molecule has 2 aromatic rings. The van der Waals surface area contributed by atoms with Crippen LogP contribution in [0.25, 0.3) is 0 Å². The topological polar surface area (TPSA) is 63.9 Å². The number of aryl methyl sites for hydroxylation is 2. The number of piperidine rings is 1. The van der Waals surface area contributed by atoms with Crippen molar-refractivity contribution in [1.82, 2.24) is 24.6 Å². The molecule has 2 aromatic heterocycles. The summed E-state index contributed by atoms with van der Waals surface area (Å²) < 4.78 is 1.77. The Morgan fingerprint density at radius 2 is 1.96 bits per heavy atom. The second-order valence-electron chi connectivity index (χ2n) is 6.35. The van der Waals surface area contributed by atoms with Gasteiger partial charge in [-0.2, -0.15) is 0 Å². The van der Waals surface area contributed by atoms with Gasteiger partial charge in [0.05, 0.1) is 12.9 Å². The first-order chi connectivity index (χ1) is 11.0. The van der Waals surface area contributed by atoms with E-state index >= 15 is 0 Å². The Morgan fingerprint density at radius 1 is 1.22 bits per heavy atom. The second-order valence-corrected chi connectivity index (χ2v) is 7.61. The Bertz CT molecular complexity index is 730. The number of hydrogen-bond donors (Lipinski definition) is 0. The van der Waals surface area contributed by atoms with E-state index in [0.717, 1.165) is 60.3 Å². The largest absolute Gasteiger partial charge is 0.299 e. The first-order valence-corrected chi connectivity index (χ1v) is 8.88. The van der Waals surface area contributed by atoms with Gasteiger partial charge in [0.15, 0.2) is 0 Å². The summed E-state index contributed by atoms with van der Waals surface area (Å²) in [6.07, 6.45) is 3.91. The van der Waals surface area contributed by atoms with Gasteiger partial charge in [0.25, 0.3) is 5.56 Å². The van der Waals surface area contributed by atoms with Crippen molar-refractivity contribution in [2.75, 3.05) is 13.1 Å². The molecule has 1 aliphatic heterocycles. The fourth-order valence-electron chi connectivity index (χ4n) is 3.00. The van der Waals surface area contributed by atoms with Gasteiger partial charge >= 0.3 is 0 Å². The van der Waals surface area contributed by atoms with Gasteiger partial charge in [-0.15, -0.1) is 21.5 Å². The summed E-state index contributed by atoms with van der Waals surface area (Å²) in [5, 5.41) is 10.4. The molecular formula is C16H23N5OS. The summed E-state index contributed by atoms with van der Waals surface area (Å²) in [5.74, 6) is 0.545. The molecule has 3 heterocycles. The highest BCUT2D eigenvalue weighted by Gasteiger charge is 2.21. The van der Waals surface area contributed by atoms with Crippen LogP contribution in [0.5, 0.6) is 0 Å². The molecule has 23 heavy (non-hydrogen) atoms. The van der Waals surface area contributed by atoms with Crippen LogP contribution in [0, 0.1) is 26.7 Å². The minimum atomic E-state index is 0.101. The molecule has 0 amide bonds. The highest BCUT2D eigenvalue weighted by atomic mass is 32.1. The maximum atomic E-state index is 12.3. The summed E-state index contributed by atoms with van der Waals surface area (Å²) in [4.78, 5) is 19.0. The highest BCUT2D eigenvalue weighted by molar-refractivity contribution is 7.11. The monoisotopic (exact) mass is 333 g/mol. The summed E-state index contributed by atoms with van der Waals surface area (Å²) >= 11 is 1.67. The molecular weight excluding hydrogens is 310 g/mol. The van der Waals surface area contributed by atoms with Crippen LogP contribution in [0.3, 0.4) is 0 Å². The summed E-state index contributed by atoms with van der Waals surface area (Å²) in [6.45, 7) is 9.50. The van der Waals surface area contributed by atoms with Crippen molar-refractivity contribution >= 4 is 11.3 Å². The standard InChI is InChI=1S/C16H23N5OS/c1-11-12(2)17-10-21(16(11)22)8-14-4-6-20(7-5-14)9-15-19-18-13(3)23-15/h10,14H,4-9H2,1-3H3. The van der Waals surface area contributed by atoms with Gasteiger partial charge in [-0.05, 0) is 52.6 Å². The lowest BCUT2D eigenvalue weighted by atomic mass is 9.96. The van der Waals surface area contributed by atoms with E-state index in [0.29, 0.717) is 5.92 Å². The van der Waals surface area contributed by atoms with Crippen LogP contribution >= 0.6 is 11.3 Å². The van der Waals surface area contributed by atoms with Crippen LogP contribution < -0.4 is 5.56 Å². The predicted octanol–water partition coefficient (Wildman–Crippen LogP) is 1.93.